The van der Waals surface area contributed by atoms with Gasteiger partial charge in [0.05, 0.1) is 6.54 Å². The van der Waals surface area contributed by atoms with Crippen molar-refractivity contribution in [2.24, 2.45) is 0 Å². The number of para-hydroxylation sites is 1. The van der Waals surface area contributed by atoms with E-state index in [2.05, 4.69) is 26.3 Å². The number of aryl methyl sites for hydroxylation is 1. The summed E-state index contributed by atoms with van der Waals surface area (Å²) in [6.45, 7) is 2.47. The lowest BCUT2D eigenvalue weighted by Gasteiger charge is -2.11. The average molecular weight is 466 g/mol. The molecule has 3 aromatic carbocycles. The van der Waals surface area contributed by atoms with Crippen LogP contribution in [0.15, 0.2) is 84.9 Å². The van der Waals surface area contributed by atoms with Crippen LogP contribution >= 0.6 is 0 Å². The van der Waals surface area contributed by atoms with Gasteiger partial charge in [0.25, 0.3) is 11.8 Å². The molecular formula is C26H23N7O2. The van der Waals surface area contributed by atoms with Gasteiger partial charge in [-0.25, -0.2) is 0 Å². The fourth-order valence-electron chi connectivity index (χ4n) is 3.88. The van der Waals surface area contributed by atoms with Crippen molar-refractivity contribution >= 4 is 22.7 Å². The van der Waals surface area contributed by atoms with Gasteiger partial charge in [0.1, 0.15) is 6.54 Å². The van der Waals surface area contributed by atoms with E-state index in [9.17, 15) is 9.59 Å². The Kier molecular flexibility index (Phi) is 6.04. The normalized spacial score (nSPS) is 10.9. The number of hydrogen-bond donors (Lipinski definition) is 2. The number of carbonyl (C=O) groups excluding carboxylic acids is 2. The third kappa shape index (κ3) is 4.93. The van der Waals surface area contributed by atoms with Gasteiger partial charge in [0, 0.05) is 22.3 Å². The Morgan fingerprint density at radius 1 is 0.886 bits per heavy atom. The minimum Gasteiger partial charge on any atom is -0.335 e. The van der Waals surface area contributed by atoms with E-state index in [1.54, 1.807) is 12.1 Å². The molecule has 0 spiro atoms. The molecule has 2 N–H and O–H groups in total. The Labute approximate surface area is 201 Å². The van der Waals surface area contributed by atoms with Crippen molar-refractivity contribution in [2.45, 2.75) is 20.0 Å². The molecule has 0 aliphatic rings. The maximum Gasteiger partial charge on any atom is 0.269 e. The minimum atomic E-state index is -0.399. The number of carbonyl (C=O) groups is 2. The van der Waals surface area contributed by atoms with Gasteiger partial charge < -0.3 is 4.57 Å². The first kappa shape index (κ1) is 22.0. The smallest absolute Gasteiger partial charge is 0.269 e. The number of nitrogens with zero attached hydrogens (tertiary/aromatic N) is 5. The van der Waals surface area contributed by atoms with Crippen molar-refractivity contribution in [1.82, 2.24) is 35.6 Å². The van der Waals surface area contributed by atoms with Crippen LogP contribution in [0.1, 0.15) is 21.6 Å². The number of hydrazine groups is 1. The van der Waals surface area contributed by atoms with Gasteiger partial charge in [0.2, 0.25) is 5.82 Å². The zero-order valence-corrected chi connectivity index (χ0v) is 19.0. The fraction of sp³-hybridized carbons (Fsp3) is 0.115. The molecule has 0 aliphatic heterocycles. The van der Waals surface area contributed by atoms with Crippen LogP contribution < -0.4 is 10.9 Å². The first-order chi connectivity index (χ1) is 17.1. The SMILES string of the molecule is Cc1cc2ccccc2n1CC(=O)NNC(=O)c1ccc(Cn2nnc(-c3ccccc3)n2)cc1. The third-order valence-electron chi connectivity index (χ3n) is 5.66. The van der Waals surface area contributed by atoms with E-state index in [0.717, 1.165) is 27.7 Å². The van der Waals surface area contributed by atoms with E-state index in [1.807, 2.05) is 84.3 Å². The number of tetrazole rings is 1. The lowest BCUT2D eigenvalue weighted by atomic mass is 10.1. The van der Waals surface area contributed by atoms with Gasteiger partial charge in [-0.05, 0) is 47.4 Å². The molecule has 9 heteroatoms. The second-order valence-corrected chi connectivity index (χ2v) is 8.14. The Morgan fingerprint density at radius 3 is 2.43 bits per heavy atom. The van der Waals surface area contributed by atoms with Crippen LogP contribution in [0.5, 0.6) is 0 Å². The Hall–Kier alpha value is -4.79. The van der Waals surface area contributed by atoms with Crippen LogP contribution in [0.4, 0.5) is 0 Å². The number of benzene rings is 3. The summed E-state index contributed by atoms with van der Waals surface area (Å²) in [4.78, 5) is 26.4. The van der Waals surface area contributed by atoms with Gasteiger partial charge in [-0.15, -0.1) is 10.2 Å². The molecule has 0 saturated carbocycles. The van der Waals surface area contributed by atoms with Crippen LogP contribution in [0, 0.1) is 6.92 Å². The lowest BCUT2D eigenvalue weighted by molar-refractivity contribution is -0.122. The molecule has 5 aromatic rings. The monoisotopic (exact) mass is 465 g/mol. The molecule has 2 amide bonds. The van der Waals surface area contributed by atoms with Gasteiger partial charge in [-0.2, -0.15) is 4.80 Å². The van der Waals surface area contributed by atoms with Gasteiger partial charge in [-0.1, -0.05) is 60.7 Å². The second kappa shape index (κ2) is 9.60. The number of nitrogens with one attached hydrogen (secondary N) is 2. The highest BCUT2D eigenvalue weighted by atomic mass is 16.2. The number of amides is 2. The number of hydrogen-bond acceptors (Lipinski definition) is 5. The van der Waals surface area contributed by atoms with Crippen LogP contribution in [-0.2, 0) is 17.9 Å². The minimum absolute atomic E-state index is 0.106. The van der Waals surface area contributed by atoms with Crippen LogP contribution in [0.25, 0.3) is 22.3 Å². The zero-order valence-electron chi connectivity index (χ0n) is 19.0. The van der Waals surface area contributed by atoms with Crippen LogP contribution in [0.3, 0.4) is 0 Å². The van der Waals surface area contributed by atoms with Crippen molar-refractivity contribution in [1.29, 1.82) is 0 Å². The third-order valence-corrected chi connectivity index (χ3v) is 5.66. The van der Waals surface area contributed by atoms with Crippen molar-refractivity contribution in [3.05, 3.63) is 102 Å². The first-order valence-corrected chi connectivity index (χ1v) is 11.1. The molecule has 0 aliphatic carbocycles. The summed E-state index contributed by atoms with van der Waals surface area (Å²) in [6.07, 6.45) is 0. The first-order valence-electron chi connectivity index (χ1n) is 11.1. The summed E-state index contributed by atoms with van der Waals surface area (Å²) in [5.74, 6) is -0.157. The molecule has 0 atom stereocenters. The van der Waals surface area contributed by atoms with E-state index in [1.165, 1.54) is 4.80 Å². The van der Waals surface area contributed by atoms with E-state index in [4.69, 9.17) is 0 Å². The predicted octanol–water partition coefficient (Wildman–Crippen LogP) is 3.11. The number of rotatable bonds is 6. The highest BCUT2D eigenvalue weighted by Gasteiger charge is 2.12. The second-order valence-electron chi connectivity index (χ2n) is 8.14. The summed E-state index contributed by atoms with van der Waals surface area (Å²) in [7, 11) is 0. The molecule has 0 bridgehead atoms. The molecule has 0 saturated heterocycles. The Balaban J connectivity index is 1.16. The highest BCUT2D eigenvalue weighted by molar-refractivity contribution is 5.95. The molecule has 5 rings (SSSR count). The highest BCUT2D eigenvalue weighted by Crippen LogP contribution is 2.19. The van der Waals surface area contributed by atoms with Crippen molar-refractivity contribution in [3.8, 4) is 11.4 Å². The van der Waals surface area contributed by atoms with Gasteiger partial charge >= 0.3 is 0 Å². The maximum absolute atomic E-state index is 12.5. The summed E-state index contributed by atoms with van der Waals surface area (Å²) < 4.78 is 1.91. The predicted molar refractivity (Wildman–Crippen MR) is 131 cm³/mol. The zero-order chi connectivity index (χ0) is 24.2. The molecule has 2 aromatic heterocycles. The summed E-state index contributed by atoms with van der Waals surface area (Å²) in [5, 5.41) is 13.7. The summed E-state index contributed by atoms with van der Waals surface area (Å²) >= 11 is 0. The summed E-state index contributed by atoms with van der Waals surface area (Å²) in [6, 6.07) is 26.5. The van der Waals surface area contributed by atoms with E-state index < -0.39 is 5.91 Å². The largest absolute Gasteiger partial charge is 0.335 e. The quantitative estimate of drug-likeness (QED) is 0.375. The van der Waals surface area contributed by atoms with Gasteiger partial charge in [0.15, 0.2) is 0 Å². The fourth-order valence-corrected chi connectivity index (χ4v) is 3.88. The Bertz CT molecular complexity index is 1490. The van der Waals surface area contributed by atoms with Crippen LogP contribution in [-0.4, -0.2) is 36.6 Å². The van der Waals surface area contributed by atoms with Gasteiger partial charge in [-0.3, -0.25) is 20.4 Å². The van der Waals surface area contributed by atoms with E-state index >= 15 is 0 Å². The average Bonchev–Trinajstić information content (AvgIpc) is 3.48. The molecule has 174 valence electrons. The standard InChI is InChI=1S/C26H23N7O2/c1-18-15-22-9-5-6-10-23(22)32(18)17-24(34)27-29-26(35)21-13-11-19(12-14-21)16-33-30-25(28-31-33)20-7-3-2-4-8-20/h2-15H,16-17H2,1H3,(H,27,34)(H,29,35). The molecule has 0 fully saturated rings. The number of aromatic nitrogens is 5. The van der Waals surface area contributed by atoms with Crippen molar-refractivity contribution < 1.29 is 9.59 Å². The van der Waals surface area contributed by atoms with E-state index in [-0.39, 0.29) is 12.5 Å². The van der Waals surface area contributed by atoms with Crippen LogP contribution in [0.2, 0.25) is 0 Å². The van der Waals surface area contributed by atoms with E-state index in [0.29, 0.717) is 17.9 Å². The molecule has 35 heavy (non-hydrogen) atoms. The molecule has 2 heterocycles. The lowest BCUT2D eigenvalue weighted by Crippen LogP contribution is -2.43. The molecule has 9 nitrogen and oxygen atoms in total. The molecule has 0 unspecified atom stereocenters. The van der Waals surface area contributed by atoms with Crippen molar-refractivity contribution in [3.63, 3.8) is 0 Å². The summed E-state index contributed by atoms with van der Waals surface area (Å²) in [5.41, 5.74) is 9.15. The van der Waals surface area contributed by atoms with Crippen molar-refractivity contribution in [2.75, 3.05) is 0 Å². The topological polar surface area (TPSA) is 107 Å². The molecular weight excluding hydrogens is 442 g/mol. The molecule has 0 radical (unpaired) electrons. The number of fused-ring (bicyclic) bond motifs is 1. The maximum atomic E-state index is 12.5. The Morgan fingerprint density at radius 2 is 1.63 bits per heavy atom.